The van der Waals surface area contributed by atoms with E-state index in [0.29, 0.717) is 11.5 Å². The van der Waals surface area contributed by atoms with Gasteiger partial charge in [-0.2, -0.15) is 0 Å². The molecule has 0 aliphatic rings. The average Bonchev–Trinajstić information content (AvgIpc) is 2.26. The Balaban J connectivity index is 2.50. The molecule has 0 amide bonds. The number of anilines is 2. The van der Waals surface area contributed by atoms with Gasteiger partial charge in [0.15, 0.2) is 5.65 Å². The zero-order valence-corrected chi connectivity index (χ0v) is 10.0. The van der Waals surface area contributed by atoms with Crippen molar-refractivity contribution in [1.82, 2.24) is 15.0 Å². The van der Waals surface area contributed by atoms with Crippen molar-refractivity contribution in [3.63, 3.8) is 0 Å². The number of hydrogen-bond acceptors (Lipinski definition) is 5. The Kier molecular flexibility index (Phi) is 2.91. The van der Waals surface area contributed by atoms with E-state index in [1.54, 1.807) is 6.07 Å². The molecule has 0 saturated carbocycles. The third kappa shape index (κ3) is 2.33. The van der Waals surface area contributed by atoms with Gasteiger partial charge in [0, 0.05) is 13.6 Å². The first-order chi connectivity index (χ1) is 8.08. The molecule has 0 bridgehead atoms. The molecular formula is C12H15N5. The van der Waals surface area contributed by atoms with E-state index in [4.69, 9.17) is 5.73 Å². The monoisotopic (exact) mass is 229 g/mol. The van der Waals surface area contributed by atoms with Gasteiger partial charge in [0.1, 0.15) is 18.0 Å². The van der Waals surface area contributed by atoms with Crippen LogP contribution in [0, 0.1) is 0 Å². The lowest BCUT2D eigenvalue weighted by molar-refractivity contribution is 0.954. The second-order valence-corrected chi connectivity index (χ2v) is 4.12. The molecule has 17 heavy (non-hydrogen) atoms. The van der Waals surface area contributed by atoms with E-state index < -0.39 is 0 Å². The number of rotatable bonds is 3. The van der Waals surface area contributed by atoms with Crippen LogP contribution in [0.25, 0.3) is 11.0 Å². The van der Waals surface area contributed by atoms with Gasteiger partial charge in [-0.3, -0.25) is 0 Å². The SMILES string of the molecule is C=C(C)CN(C)c1ncnc2nc(N)ccc12. The van der Waals surface area contributed by atoms with Crippen LogP contribution in [-0.2, 0) is 0 Å². The summed E-state index contributed by atoms with van der Waals surface area (Å²) >= 11 is 0. The van der Waals surface area contributed by atoms with E-state index in [2.05, 4.69) is 21.5 Å². The van der Waals surface area contributed by atoms with Crippen molar-refractivity contribution >= 4 is 22.7 Å². The standard InChI is InChI=1S/C12H15N5/c1-8(2)6-17(3)12-9-4-5-10(13)16-11(9)14-7-15-12/h4-5,7H,1,6H2,2-3H3,(H2,13,14,15,16). The number of nitrogens with two attached hydrogens (primary N) is 1. The maximum absolute atomic E-state index is 5.63. The van der Waals surface area contributed by atoms with Crippen LogP contribution < -0.4 is 10.6 Å². The van der Waals surface area contributed by atoms with Gasteiger partial charge in [-0.25, -0.2) is 15.0 Å². The van der Waals surface area contributed by atoms with Crippen LogP contribution in [0.3, 0.4) is 0 Å². The molecule has 5 nitrogen and oxygen atoms in total. The quantitative estimate of drug-likeness (QED) is 0.810. The van der Waals surface area contributed by atoms with Crippen molar-refractivity contribution in [1.29, 1.82) is 0 Å². The van der Waals surface area contributed by atoms with E-state index >= 15 is 0 Å². The van der Waals surface area contributed by atoms with Crippen LogP contribution in [0.4, 0.5) is 11.6 Å². The Bertz CT molecular complexity index is 564. The van der Waals surface area contributed by atoms with Crippen molar-refractivity contribution in [2.45, 2.75) is 6.92 Å². The fourth-order valence-electron chi connectivity index (χ4n) is 1.73. The summed E-state index contributed by atoms with van der Waals surface area (Å²) < 4.78 is 0. The number of nitrogen functional groups attached to an aromatic ring is 1. The lowest BCUT2D eigenvalue weighted by Gasteiger charge is -2.19. The summed E-state index contributed by atoms with van der Waals surface area (Å²) in [7, 11) is 1.97. The van der Waals surface area contributed by atoms with E-state index in [1.165, 1.54) is 6.33 Å². The van der Waals surface area contributed by atoms with Crippen molar-refractivity contribution in [2.75, 3.05) is 24.2 Å². The second kappa shape index (κ2) is 4.37. The molecule has 0 aliphatic carbocycles. The van der Waals surface area contributed by atoms with Crippen LogP contribution >= 0.6 is 0 Å². The van der Waals surface area contributed by atoms with Crippen molar-refractivity contribution in [3.05, 3.63) is 30.6 Å². The minimum atomic E-state index is 0.463. The molecule has 5 heteroatoms. The van der Waals surface area contributed by atoms with Crippen LogP contribution in [-0.4, -0.2) is 28.5 Å². The van der Waals surface area contributed by atoms with Crippen molar-refractivity contribution < 1.29 is 0 Å². The summed E-state index contributed by atoms with van der Waals surface area (Å²) in [6.45, 7) is 6.62. The third-order valence-electron chi connectivity index (χ3n) is 2.37. The van der Waals surface area contributed by atoms with Gasteiger partial charge in [-0.1, -0.05) is 12.2 Å². The van der Waals surface area contributed by atoms with Crippen LogP contribution in [0.15, 0.2) is 30.6 Å². The smallest absolute Gasteiger partial charge is 0.166 e. The maximum Gasteiger partial charge on any atom is 0.166 e. The molecule has 0 atom stereocenters. The fraction of sp³-hybridized carbons (Fsp3) is 0.250. The molecule has 88 valence electrons. The molecular weight excluding hydrogens is 214 g/mol. The predicted octanol–water partition coefficient (Wildman–Crippen LogP) is 1.62. The summed E-state index contributed by atoms with van der Waals surface area (Å²) in [4.78, 5) is 14.6. The Hall–Kier alpha value is -2.17. The Morgan fingerprint density at radius 3 is 2.88 bits per heavy atom. The Morgan fingerprint density at radius 1 is 1.41 bits per heavy atom. The number of fused-ring (bicyclic) bond motifs is 1. The highest BCUT2D eigenvalue weighted by molar-refractivity contribution is 5.87. The number of nitrogens with zero attached hydrogens (tertiary/aromatic N) is 4. The number of pyridine rings is 1. The summed E-state index contributed by atoms with van der Waals surface area (Å²) in [6, 6.07) is 3.64. The lowest BCUT2D eigenvalue weighted by Crippen LogP contribution is -2.20. The molecule has 0 saturated heterocycles. The first-order valence-electron chi connectivity index (χ1n) is 5.30. The van der Waals surface area contributed by atoms with Gasteiger partial charge in [-0.15, -0.1) is 0 Å². The third-order valence-corrected chi connectivity index (χ3v) is 2.37. The van der Waals surface area contributed by atoms with E-state index in [-0.39, 0.29) is 0 Å². The van der Waals surface area contributed by atoms with Crippen molar-refractivity contribution in [3.8, 4) is 0 Å². The summed E-state index contributed by atoms with van der Waals surface area (Å²) in [5.74, 6) is 1.30. The fourth-order valence-corrected chi connectivity index (χ4v) is 1.73. The van der Waals surface area contributed by atoms with Crippen LogP contribution in [0.1, 0.15) is 6.92 Å². The van der Waals surface area contributed by atoms with Gasteiger partial charge in [0.05, 0.1) is 5.39 Å². The molecule has 0 fully saturated rings. The largest absolute Gasteiger partial charge is 0.384 e. The number of aromatic nitrogens is 3. The highest BCUT2D eigenvalue weighted by Crippen LogP contribution is 2.21. The number of likely N-dealkylation sites (N-methyl/N-ethyl adjacent to an activating group) is 1. The summed E-state index contributed by atoms with van der Waals surface area (Å²) in [6.07, 6.45) is 1.50. The maximum atomic E-state index is 5.63. The molecule has 2 aromatic rings. The second-order valence-electron chi connectivity index (χ2n) is 4.12. The summed E-state index contributed by atoms with van der Waals surface area (Å²) in [5.41, 5.74) is 7.32. The minimum absolute atomic E-state index is 0.463. The van der Waals surface area contributed by atoms with Gasteiger partial charge in [0.2, 0.25) is 0 Å². The van der Waals surface area contributed by atoms with Gasteiger partial charge >= 0.3 is 0 Å². The molecule has 0 unspecified atom stereocenters. The first kappa shape index (κ1) is 11.3. The molecule has 0 aliphatic heterocycles. The van der Waals surface area contributed by atoms with Crippen LogP contribution in [0.2, 0.25) is 0 Å². The average molecular weight is 229 g/mol. The Morgan fingerprint density at radius 2 is 2.18 bits per heavy atom. The van der Waals surface area contributed by atoms with Crippen molar-refractivity contribution in [2.24, 2.45) is 0 Å². The summed E-state index contributed by atoms with van der Waals surface area (Å²) in [5, 5.41) is 0.894. The zero-order chi connectivity index (χ0) is 12.4. The topological polar surface area (TPSA) is 67.9 Å². The van der Waals surface area contributed by atoms with Crippen LogP contribution in [0.5, 0.6) is 0 Å². The van der Waals surface area contributed by atoms with Gasteiger partial charge in [0.25, 0.3) is 0 Å². The van der Waals surface area contributed by atoms with E-state index in [0.717, 1.165) is 23.3 Å². The molecule has 2 aromatic heterocycles. The molecule has 2 rings (SSSR count). The van der Waals surface area contributed by atoms with E-state index in [1.807, 2.05) is 24.9 Å². The lowest BCUT2D eigenvalue weighted by atomic mass is 10.2. The molecule has 2 heterocycles. The highest BCUT2D eigenvalue weighted by Gasteiger charge is 2.09. The number of hydrogen-bond donors (Lipinski definition) is 1. The van der Waals surface area contributed by atoms with E-state index in [9.17, 15) is 0 Å². The predicted molar refractivity (Wildman–Crippen MR) is 69.8 cm³/mol. The molecule has 0 aromatic carbocycles. The highest BCUT2D eigenvalue weighted by atomic mass is 15.2. The molecule has 2 N–H and O–H groups in total. The zero-order valence-electron chi connectivity index (χ0n) is 10.0. The molecule has 0 spiro atoms. The first-order valence-corrected chi connectivity index (χ1v) is 5.30. The van der Waals surface area contributed by atoms with Gasteiger partial charge in [-0.05, 0) is 19.1 Å². The normalized spacial score (nSPS) is 10.5. The molecule has 0 radical (unpaired) electrons. The van der Waals surface area contributed by atoms with Gasteiger partial charge < -0.3 is 10.6 Å². The Labute approximate surface area is 100 Å². The minimum Gasteiger partial charge on any atom is -0.384 e.